The second-order valence-corrected chi connectivity index (χ2v) is 4.76. The molecule has 4 heteroatoms. The summed E-state index contributed by atoms with van der Waals surface area (Å²) in [7, 11) is 0. The average Bonchev–Trinajstić information content (AvgIpc) is 2.24. The molecule has 0 saturated carbocycles. The fourth-order valence-electron chi connectivity index (χ4n) is 1.40. The molecule has 0 heterocycles. The molecule has 0 saturated heterocycles. The molecule has 0 aliphatic heterocycles. The molecule has 0 spiro atoms. The predicted octanol–water partition coefficient (Wildman–Crippen LogP) is 3.89. The summed E-state index contributed by atoms with van der Waals surface area (Å²) in [5.74, 6) is -3.19. The molecule has 0 aliphatic carbocycles. The maximum atomic E-state index is 13.3. The lowest BCUT2D eigenvalue weighted by Gasteiger charge is -2.22. The third-order valence-electron chi connectivity index (χ3n) is 2.97. The molecule has 0 aromatic carbocycles. The number of hydrogen-bond acceptors (Lipinski definition) is 2. The van der Waals surface area contributed by atoms with Crippen LogP contribution in [0.4, 0.5) is 8.78 Å². The van der Waals surface area contributed by atoms with Gasteiger partial charge in [0, 0.05) is 25.6 Å². The van der Waals surface area contributed by atoms with Gasteiger partial charge in [-0.05, 0) is 27.2 Å². The fourth-order valence-corrected chi connectivity index (χ4v) is 1.40. The van der Waals surface area contributed by atoms with Gasteiger partial charge in [-0.25, -0.2) is 8.78 Å². The largest absolute Gasteiger partial charge is 0.376 e. The van der Waals surface area contributed by atoms with Crippen molar-refractivity contribution >= 4 is 0 Å². The van der Waals surface area contributed by atoms with Crippen LogP contribution in [0.1, 0.15) is 47.5 Å². The maximum Gasteiger partial charge on any atom is 0.250 e. The van der Waals surface area contributed by atoms with E-state index in [1.165, 1.54) is 0 Å². The second-order valence-electron chi connectivity index (χ2n) is 4.76. The van der Waals surface area contributed by atoms with Gasteiger partial charge in [-0.3, -0.25) is 0 Å². The monoisotopic (exact) mass is 252 g/mol. The van der Waals surface area contributed by atoms with Gasteiger partial charge in [0.1, 0.15) is 0 Å². The first-order chi connectivity index (χ1) is 7.81. The Balaban J connectivity index is 3.71. The van der Waals surface area contributed by atoms with Gasteiger partial charge >= 0.3 is 0 Å². The number of alkyl halides is 2. The summed E-state index contributed by atoms with van der Waals surface area (Å²) in [4.78, 5) is 0. The van der Waals surface area contributed by atoms with Gasteiger partial charge in [-0.15, -0.1) is 0 Å². The topological polar surface area (TPSA) is 18.5 Å². The van der Waals surface area contributed by atoms with Crippen molar-refractivity contribution in [2.45, 2.75) is 65.6 Å². The van der Waals surface area contributed by atoms with Crippen LogP contribution in [0.15, 0.2) is 0 Å². The molecule has 0 aromatic rings. The molecule has 0 bridgehead atoms. The minimum atomic E-state index is -2.59. The zero-order valence-corrected chi connectivity index (χ0v) is 11.6. The fraction of sp³-hybridized carbons (Fsp3) is 1.00. The molecule has 0 fully saturated rings. The Bertz CT molecular complexity index is 196. The van der Waals surface area contributed by atoms with Gasteiger partial charge in [0.2, 0.25) is 0 Å². The van der Waals surface area contributed by atoms with Gasteiger partial charge in [-0.2, -0.15) is 0 Å². The lowest BCUT2D eigenvalue weighted by Crippen LogP contribution is -2.28. The Morgan fingerprint density at radius 1 is 1.00 bits per heavy atom. The minimum absolute atomic E-state index is 0.00519. The Morgan fingerprint density at radius 3 is 2.00 bits per heavy atom. The highest BCUT2D eigenvalue weighted by molar-refractivity contribution is 4.70. The first-order valence-electron chi connectivity index (χ1n) is 6.42. The van der Waals surface area contributed by atoms with Crippen LogP contribution >= 0.6 is 0 Å². The van der Waals surface area contributed by atoms with Crippen LogP contribution in [0.5, 0.6) is 0 Å². The highest BCUT2D eigenvalue weighted by Gasteiger charge is 2.32. The zero-order valence-electron chi connectivity index (χ0n) is 11.6. The van der Waals surface area contributed by atoms with Crippen LogP contribution in [0.2, 0.25) is 0 Å². The minimum Gasteiger partial charge on any atom is -0.376 e. The number of ether oxygens (including phenoxy) is 2. The Hall–Kier alpha value is -0.220. The molecule has 0 aliphatic rings. The SMILES string of the molecule is CCOC(C)C(C)OCCCC(F)(F)C(C)C. The summed E-state index contributed by atoms with van der Waals surface area (Å²) in [6.07, 6.45) is 0.225. The summed E-state index contributed by atoms with van der Waals surface area (Å²) in [5, 5.41) is 0. The zero-order chi connectivity index (χ0) is 13.5. The van der Waals surface area contributed by atoms with Crippen LogP contribution in [-0.2, 0) is 9.47 Å². The molecular weight excluding hydrogens is 226 g/mol. The van der Waals surface area contributed by atoms with Crippen molar-refractivity contribution in [1.29, 1.82) is 0 Å². The molecule has 17 heavy (non-hydrogen) atoms. The maximum absolute atomic E-state index is 13.3. The van der Waals surface area contributed by atoms with E-state index in [1.807, 2.05) is 20.8 Å². The van der Waals surface area contributed by atoms with E-state index in [-0.39, 0.29) is 18.6 Å². The van der Waals surface area contributed by atoms with Crippen molar-refractivity contribution in [1.82, 2.24) is 0 Å². The summed E-state index contributed by atoms with van der Waals surface area (Å²) in [6, 6.07) is 0. The molecule has 0 N–H and O–H groups in total. The predicted molar refractivity (Wildman–Crippen MR) is 65.5 cm³/mol. The molecule has 0 rings (SSSR count). The van der Waals surface area contributed by atoms with Gasteiger partial charge in [0.05, 0.1) is 12.2 Å². The second kappa shape index (κ2) is 7.98. The molecular formula is C13H26F2O2. The van der Waals surface area contributed by atoms with Crippen LogP contribution in [0.3, 0.4) is 0 Å². The standard InChI is InChI=1S/C13H26F2O2/c1-6-16-11(4)12(5)17-9-7-8-13(14,15)10(2)3/h10-12H,6-9H2,1-5H3. The van der Waals surface area contributed by atoms with E-state index in [9.17, 15) is 8.78 Å². The Morgan fingerprint density at radius 2 is 1.53 bits per heavy atom. The summed E-state index contributed by atoms with van der Waals surface area (Å²) >= 11 is 0. The van der Waals surface area contributed by atoms with Gasteiger partial charge in [-0.1, -0.05) is 13.8 Å². The molecule has 2 unspecified atom stereocenters. The highest BCUT2D eigenvalue weighted by atomic mass is 19.3. The van der Waals surface area contributed by atoms with E-state index in [4.69, 9.17) is 9.47 Å². The van der Waals surface area contributed by atoms with Gasteiger partial charge in [0.25, 0.3) is 5.92 Å². The van der Waals surface area contributed by atoms with Crippen molar-refractivity contribution in [3.05, 3.63) is 0 Å². The molecule has 2 nitrogen and oxygen atoms in total. The average molecular weight is 252 g/mol. The number of rotatable bonds is 9. The first kappa shape index (κ1) is 16.8. The number of hydrogen-bond donors (Lipinski definition) is 0. The lowest BCUT2D eigenvalue weighted by atomic mass is 10.0. The third-order valence-corrected chi connectivity index (χ3v) is 2.97. The van der Waals surface area contributed by atoms with Gasteiger partial charge in [0.15, 0.2) is 0 Å². The molecule has 0 amide bonds. The highest BCUT2D eigenvalue weighted by Crippen LogP contribution is 2.28. The van der Waals surface area contributed by atoms with Crippen LogP contribution in [0.25, 0.3) is 0 Å². The van der Waals surface area contributed by atoms with E-state index < -0.39 is 11.8 Å². The molecule has 2 atom stereocenters. The van der Waals surface area contributed by atoms with E-state index in [0.717, 1.165) is 0 Å². The Kier molecular flexibility index (Phi) is 7.88. The van der Waals surface area contributed by atoms with Crippen molar-refractivity contribution in [2.75, 3.05) is 13.2 Å². The summed E-state index contributed by atoms with van der Waals surface area (Å²) in [6.45, 7) is 9.84. The van der Waals surface area contributed by atoms with Crippen LogP contribution in [0, 0.1) is 5.92 Å². The first-order valence-corrected chi connectivity index (χ1v) is 6.42. The van der Waals surface area contributed by atoms with Crippen molar-refractivity contribution in [3.8, 4) is 0 Å². The van der Waals surface area contributed by atoms with E-state index >= 15 is 0 Å². The normalized spacial score (nSPS) is 16.2. The third kappa shape index (κ3) is 6.94. The smallest absolute Gasteiger partial charge is 0.250 e. The van der Waals surface area contributed by atoms with Crippen molar-refractivity contribution < 1.29 is 18.3 Å². The summed E-state index contributed by atoms with van der Waals surface area (Å²) in [5.41, 5.74) is 0. The molecule has 0 aromatic heterocycles. The summed E-state index contributed by atoms with van der Waals surface area (Å²) < 4.78 is 37.4. The quantitative estimate of drug-likeness (QED) is 0.580. The van der Waals surface area contributed by atoms with Gasteiger partial charge < -0.3 is 9.47 Å². The number of halogens is 2. The molecule has 104 valence electrons. The van der Waals surface area contributed by atoms with E-state index in [1.54, 1.807) is 13.8 Å². The van der Waals surface area contributed by atoms with Crippen LogP contribution in [-0.4, -0.2) is 31.3 Å². The van der Waals surface area contributed by atoms with Crippen molar-refractivity contribution in [3.63, 3.8) is 0 Å². The van der Waals surface area contributed by atoms with E-state index in [2.05, 4.69) is 0 Å². The Labute approximate surface area is 104 Å². The van der Waals surface area contributed by atoms with Crippen LogP contribution < -0.4 is 0 Å². The van der Waals surface area contributed by atoms with Crippen molar-refractivity contribution in [2.24, 2.45) is 5.92 Å². The van der Waals surface area contributed by atoms with E-state index in [0.29, 0.717) is 19.6 Å². The lowest BCUT2D eigenvalue weighted by molar-refractivity contribution is -0.0756. The molecule has 0 radical (unpaired) electrons.